The van der Waals surface area contributed by atoms with Crippen molar-refractivity contribution < 1.29 is 40.7 Å². The lowest BCUT2D eigenvalue weighted by molar-refractivity contribution is -0.147. The molecule has 6 nitrogen and oxygen atoms in total. The summed E-state index contributed by atoms with van der Waals surface area (Å²) >= 11 is 0. The van der Waals surface area contributed by atoms with Gasteiger partial charge in [-0.15, -0.1) is 0 Å². The van der Waals surface area contributed by atoms with Crippen LogP contribution in [0.5, 0.6) is 0 Å². The number of likely N-dealkylation sites (tertiary alicyclic amines) is 1. The van der Waals surface area contributed by atoms with Crippen LogP contribution in [0.15, 0.2) is 18.2 Å². The van der Waals surface area contributed by atoms with Crippen LogP contribution >= 0.6 is 0 Å². The fraction of sp³-hybridized carbons (Fsp3) is 0.667. The summed E-state index contributed by atoms with van der Waals surface area (Å²) in [6.45, 7) is 2.01. The third-order valence-electron chi connectivity index (χ3n) is 6.98. The maximum absolute atomic E-state index is 13.1. The van der Waals surface area contributed by atoms with Crippen LogP contribution in [0, 0.1) is 5.92 Å². The standard InChI is InChI=1S/C24H31F6N3O3/c1-3-20-11-19(13-33(20)22(35)32-18-6-4-15(5-7-18)21(34)36-2)31-12-14-8-16(23(25,26)27)10-17(9-14)24(28,29)30/h8-10,15,18-20,31H,3-7,11-13H2,1-2H3,(H,32,35)/t15?,18?,19-,20+/m0/s1. The van der Waals surface area contributed by atoms with Crippen LogP contribution in [0.4, 0.5) is 31.1 Å². The molecular weight excluding hydrogens is 492 g/mol. The molecule has 1 aromatic carbocycles. The van der Waals surface area contributed by atoms with Crippen LogP contribution in [0.3, 0.4) is 0 Å². The molecule has 1 aliphatic carbocycles. The predicted molar refractivity (Wildman–Crippen MR) is 119 cm³/mol. The molecule has 0 aromatic heterocycles. The molecule has 0 radical (unpaired) electrons. The van der Waals surface area contributed by atoms with Gasteiger partial charge < -0.3 is 20.3 Å². The van der Waals surface area contributed by atoms with Crippen LogP contribution < -0.4 is 10.6 Å². The van der Waals surface area contributed by atoms with Crippen LogP contribution in [0.1, 0.15) is 62.1 Å². The number of rotatable bonds is 6. The lowest BCUT2D eigenvalue weighted by atomic mass is 9.86. The first-order valence-electron chi connectivity index (χ1n) is 12.0. The number of hydrogen-bond donors (Lipinski definition) is 2. The summed E-state index contributed by atoms with van der Waals surface area (Å²) in [6.07, 6.45) is -6.08. The number of benzene rings is 1. The Hall–Kier alpha value is -2.50. The Balaban J connectivity index is 1.59. The van der Waals surface area contributed by atoms with Gasteiger partial charge in [0.05, 0.1) is 24.2 Å². The number of amides is 2. The largest absolute Gasteiger partial charge is 0.469 e. The molecule has 1 saturated heterocycles. The Labute approximate surface area is 205 Å². The van der Waals surface area contributed by atoms with E-state index in [1.165, 1.54) is 7.11 Å². The fourth-order valence-electron chi connectivity index (χ4n) is 4.98. The topological polar surface area (TPSA) is 70.7 Å². The number of ether oxygens (including phenoxy) is 1. The number of carbonyl (C=O) groups is 2. The number of nitrogens with one attached hydrogen (secondary N) is 2. The number of halogens is 6. The van der Waals surface area contributed by atoms with Crippen molar-refractivity contribution in [1.82, 2.24) is 15.5 Å². The summed E-state index contributed by atoms with van der Waals surface area (Å²) in [4.78, 5) is 26.3. The molecule has 1 heterocycles. The van der Waals surface area contributed by atoms with Crippen molar-refractivity contribution in [2.24, 2.45) is 5.92 Å². The van der Waals surface area contributed by atoms with E-state index in [0.29, 0.717) is 50.7 Å². The second-order valence-electron chi connectivity index (χ2n) is 9.46. The Morgan fingerprint density at radius 1 is 0.972 bits per heavy atom. The van der Waals surface area contributed by atoms with Gasteiger partial charge in [-0.2, -0.15) is 26.3 Å². The molecular formula is C24H31F6N3O3. The normalized spacial score (nSPS) is 25.1. The first-order chi connectivity index (χ1) is 16.8. The molecule has 3 rings (SSSR count). The van der Waals surface area contributed by atoms with Crippen LogP contribution in [0.2, 0.25) is 0 Å². The van der Waals surface area contributed by atoms with Crippen molar-refractivity contribution >= 4 is 12.0 Å². The number of esters is 1. The van der Waals surface area contributed by atoms with Crippen molar-refractivity contribution in [2.45, 2.75) is 82.5 Å². The quantitative estimate of drug-likeness (QED) is 0.402. The maximum Gasteiger partial charge on any atom is 0.416 e. The average Bonchev–Trinajstić information content (AvgIpc) is 3.25. The van der Waals surface area contributed by atoms with Gasteiger partial charge in [0.1, 0.15) is 0 Å². The Kier molecular flexibility index (Phi) is 8.79. The van der Waals surface area contributed by atoms with Crippen LogP contribution in [0.25, 0.3) is 0 Å². The smallest absolute Gasteiger partial charge is 0.416 e. The van der Waals surface area contributed by atoms with Crippen LogP contribution in [-0.4, -0.2) is 48.7 Å². The van der Waals surface area contributed by atoms with Crippen molar-refractivity contribution in [1.29, 1.82) is 0 Å². The zero-order valence-corrected chi connectivity index (χ0v) is 20.1. The Bertz CT molecular complexity index is 896. The number of alkyl halides is 6. The van der Waals surface area contributed by atoms with E-state index in [1.54, 1.807) is 4.90 Å². The fourth-order valence-corrected chi connectivity index (χ4v) is 4.98. The monoisotopic (exact) mass is 523 g/mol. The summed E-state index contributed by atoms with van der Waals surface area (Å²) in [5.74, 6) is -0.414. The highest BCUT2D eigenvalue weighted by Gasteiger charge is 2.38. The van der Waals surface area contributed by atoms with Gasteiger partial charge in [0.15, 0.2) is 0 Å². The summed E-state index contributed by atoms with van der Waals surface area (Å²) in [6, 6.07) is 0.810. The van der Waals surface area contributed by atoms with Gasteiger partial charge in [0.2, 0.25) is 0 Å². The molecule has 2 amide bonds. The minimum Gasteiger partial charge on any atom is -0.469 e. The third kappa shape index (κ3) is 7.04. The molecule has 12 heteroatoms. The maximum atomic E-state index is 13.1. The van der Waals surface area contributed by atoms with Crippen molar-refractivity contribution in [3.63, 3.8) is 0 Å². The number of nitrogens with zero attached hydrogens (tertiary/aromatic N) is 1. The van der Waals surface area contributed by atoms with E-state index in [0.717, 1.165) is 0 Å². The first kappa shape index (κ1) is 28.1. The number of hydrogen-bond acceptors (Lipinski definition) is 4. The first-order valence-corrected chi connectivity index (χ1v) is 12.0. The molecule has 1 saturated carbocycles. The lowest BCUT2D eigenvalue weighted by Crippen LogP contribution is -2.48. The zero-order chi connectivity index (χ0) is 26.7. The molecule has 1 aliphatic heterocycles. The molecule has 1 aromatic rings. The van der Waals surface area contributed by atoms with Gasteiger partial charge in [0, 0.05) is 31.2 Å². The van der Waals surface area contributed by atoms with E-state index < -0.39 is 23.5 Å². The zero-order valence-electron chi connectivity index (χ0n) is 20.1. The van der Waals surface area contributed by atoms with Gasteiger partial charge in [0.25, 0.3) is 0 Å². The number of methoxy groups -OCH3 is 1. The minimum absolute atomic E-state index is 0.0752. The van der Waals surface area contributed by atoms with E-state index in [2.05, 4.69) is 10.6 Å². The van der Waals surface area contributed by atoms with E-state index in [-0.39, 0.29) is 60.8 Å². The minimum atomic E-state index is -4.90. The molecule has 0 spiro atoms. The van der Waals surface area contributed by atoms with Crippen molar-refractivity contribution in [2.75, 3.05) is 13.7 Å². The highest BCUT2D eigenvalue weighted by atomic mass is 19.4. The average molecular weight is 524 g/mol. The SMILES string of the molecule is CC[C@@H]1C[C@H](NCc2cc(C(F)(F)F)cc(C(F)(F)F)c2)CN1C(=O)NC1CCC(C(=O)OC)CC1. The number of carbonyl (C=O) groups excluding carboxylic acids is 2. The molecule has 2 N–H and O–H groups in total. The van der Waals surface area contributed by atoms with Gasteiger partial charge >= 0.3 is 24.4 Å². The Morgan fingerprint density at radius 2 is 1.56 bits per heavy atom. The van der Waals surface area contributed by atoms with Gasteiger partial charge in [-0.05, 0) is 62.3 Å². The number of urea groups is 1. The lowest BCUT2D eigenvalue weighted by Gasteiger charge is -2.31. The third-order valence-corrected chi connectivity index (χ3v) is 6.98. The Morgan fingerprint density at radius 3 is 2.06 bits per heavy atom. The predicted octanol–water partition coefficient (Wildman–Crippen LogP) is 5.11. The van der Waals surface area contributed by atoms with E-state index in [9.17, 15) is 35.9 Å². The van der Waals surface area contributed by atoms with E-state index >= 15 is 0 Å². The van der Waals surface area contributed by atoms with Gasteiger partial charge in [-0.25, -0.2) is 4.79 Å². The molecule has 202 valence electrons. The second-order valence-corrected chi connectivity index (χ2v) is 9.46. The molecule has 2 fully saturated rings. The molecule has 2 aliphatic rings. The molecule has 2 atom stereocenters. The summed E-state index contributed by atoms with van der Waals surface area (Å²) in [5, 5.41) is 6.03. The van der Waals surface area contributed by atoms with Crippen LogP contribution in [-0.2, 0) is 28.4 Å². The molecule has 0 unspecified atom stereocenters. The summed E-state index contributed by atoms with van der Waals surface area (Å²) < 4.78 is 83.5. The van der Waals surface area contributed by atoms with Gasteiger partial charge in [-0.1, -0.05) is 6.92 Å². The molecule has 36 heavy (non-hydrogen) atoms. The molecule has 0 bridgehead atoms. The van der Waals surface area contributed by atoms with E-state index in [1.807, 2.05) is 6.92 Å². The summed E-state index contributed by atoms with van der Waals surface area (Å²) in [5.41, 5.74) is -2.83. The van der Waals surface area contributed by atoms with Gasteiger partial charge in [-0.3, -0.25) is 4.79 Å². The van der Waals surface area contributed by atoms with Crippen molar-refractivity contribution in [3.05, 3.63) is 34.9 Å². The highest BCUT2D eigenvalue weighted by Crippen LogP contribution is 2.36. The summed E-state index contributed by atoms with van der Waals surface area (Å²) in [7, 11) is 1.35. The van der Waals surface area contributed by atoms with Crippen molar-refractivity contribution in [3.8, 4) is 0 Å². The highest BCUT2D eigenvalue weighted by molar-refractivity contribution is 5.75. The van der Waals surface area contributed by atoms with E-state index in [4.69, 9.17) is 4.74 Å². The second kappa shape index (κ2) is 11.3.